The molecule has 1 atom stereocenters. The van der Waals surface area contributed by atoms with Crippen LogP contribution in [0.1, 0.15) is 44.6 Å². The van der Waals surface area contributed by atoms with Crippen molar-refractivity contribution in [2.45, 2.75) is 51.6 Å². The number of nitrogens with one attached hydrogen (secondary N) is 1. The number of likely N-dealkylation sites (tertiary alicyclic amines) is 1. The molecule has 0 spiro atoms. The van der Waals surface area contributed by atoms with E-state index in [0.29, 0.717) is 6.54 Å². The third kappa shape index (κ3) is 5.02. The van der Waals surface area contributed by atoms with Gasteiger partial charge < -0.3 is 10.1 Å². The van der Waals surface area contributed by atoms with Crippen LogP contribution in [0.3, 0.4) is 0 Å². The second-order valence-corrected chi connectivity index (χ2v) is 6.05. The highest BCUT2D eigenvalue weighted by molar-refractivity contribution is 5.81. The summed E-state index contributed by atoms with van der Waals surface area (Å²) in [7, 11) is 1.65. The van der Waals surface area contributed by atoms with Crippen molar-refractivity contribution >= 4 is 5.91 Å². The van der Waals surface area contributed by atoms with Gasteiger partial charge in [-0.1, -0.05) is 31.4 Å². The van der Waals surface area contributed by atoms with Crippen molar-refractivity contribution in [1.82, 2.24) is 10.2 Å². The van der Waals surface area contributed by atoms with Gasteiger partial charge in [-0.25, -0.2) is 0 Å². The van der Waals surface area contributed by atoms with E-state index in [1.807, 2.05) is 31.2 Å². The predicted molar refractivity (Wildman–Crippen MR) is 89.0 cm³/mol. The highest BCUT2D eigenvalue weighted by atomic mass is 16.5. The van der Waals surface area contributed by atoms with Crippen LogP contribution in [0.5, 0.6) is 5.75 Å². The Morgan fingerprint density at radius 1 is 1.14 bits per heavy atom. The fourth-order valence-corrected chi connectivity index (χ4v) is 2.91. The number of amides is 1. The van der Waals surface area contributed by atoms with Crippen molar-refractivity contribution in [3.63, 3.8) is 0 Å². The molecule has 2 rings (SSSR count). The Morgan fingerprint density at radius 2 is 1.73 bits per heavy atom. The standard InChI is InChI=1S/C18H28N2O2/c1-15(20-12-6-4-3-5-7-13-20)18(21)19-14-16-8-10-17(22-2)11-9-16/h8-11,15H,3-7,12-14H2,1-2H3,(H,19,21)/t15-/m0/s1. The zero-order chi connectivity index (χ0) is 15.8. The van der Waals surface area contributed by atoms with Crippen LogP contribution in [0.2, 0.25) is 0 Å². The summed E-state index contributed by atoms with van der Waals surface area (Å²) in [5.41, 5.74) is 1.09. The van der Waals surface area contributed by atoms with Gasteiger partial charge in [0, 0.05) is 6.54 Å². The largest absolute Gasteiger partial charge is 0.497 e. The highest BCUT2D eigenvalue weighted by Gasteiger charge is 2.21. The number of rotatable bonds is 5. The molecule has 1 aliphatic rings. The van der Waals surface area contributed by atoms with E-state index >= 15 is 0 Å². The van der Waals surface area contributed by atoms with Gasteiger partial charge in [0.15, 0.2) is 0 Å². The van der Waals surface area contributed by atoms with Gasteiger partial charge in [-0.3, -0.25) is 9.69 Å². The van der Waals surface area contributed by atoms with Crippen LogP contribution in [0, 0.1) is 0 Å². The SMILES string of the molecule is COc1ccc(CNC(=O)[C@H](C)N2CCCCCCC2)cc1. The molecule has 4 nitrogen and oxygen atoms in total. The van der Waals surface area contributed by atoms with E-state index < -0.39 is 0 Å². The van der Waals surface area contributed by atoms with Crippen LogP contribution in [-0.4, -0.2) is 37.0 Å². The molecule has 0 aromatic heterocycles. The maximum Gasteiger partial charge on any atom is 0.237 e. The first-order valence-electron chi connectivity index (χ1n) is 8.35. The Balaban J connectivity index is 1.81. The topological polar surface area (TPSA) is 41.6 Å². The Hall–Kier alpha value is -1.55. The fourth-order valence-electron chi connectivity index (χ4n) is 2.91. The molecule has 1 saturated heterocycles. The average molecular weight is 304 g/mol. The fraction of sp³-hybridized carbons (Fsp3) is 0.611. The van der Waals surface area contributed by atoms with Gasteiger partial charge in [0.05, 0.1) is 13.2 Å². The Bertz CT molecular complexity index is 451. The quantitative estimate of drug-likeness (QED) is 0.909. The smallest absolute Gasteiger partial charge is 0.237 e. The van der Waals surface area contributed by atoms with Gasteiger partial charge in [0.2, 0.25) is 5.91 Å². The van der Waals surface area contributed by atoms with Crippen molar-refractivity contribution in [3.8, 4) is 5.75 Å². The number of hydrogen-bond acceptors (Lipinski definition) is 3. The van der Waals surface area contributed by atoms with E-state index in [1.165, 1.54) is 32.1 Å². The lowest BCUT2D eigenvalue weighted by Gasteiger charge is -2.29. The van der Waals surface area contributed by atoms with Gasteiger partial charge in [0.25, 0.3) is 0 Å². The maximum atomic E-state index is 12.4. The second kappa shape index (κ2) is 8.79. The molecule has 1 aliphatic heterocycles. The molecule has 1 N–H and O–H groups in total. The maximum absolute atomic E-state index is 12.4. The summed E-state index contributed by atoms with van der Waals surface area (Å²) in [6.07, 6.45) is 6.32. The summed E-state index contributed by atoms with van der Waals surface area (Å²) in [4.78, 5) is 14.7. The molecule has 1 fully saturated rings. The molecule has 22 heavy (non-hydrogen) atoms. The van der Waals surface area contributed by atoms with Crippen LogP contribution < -0.4 is 10.1 Å². The molecule has 1 amide bonds. The zero-order valence-electron chi connectivity index (χ0n) is 13.8. The number of hydrogen-bond donors (Lipinski definition) is 1. The number of methoxy groups -OCH3 is 1. The van der Waals surface area contributed by atoms with Crippen LogP contribution >= 0.6 is 0 Å². The molecule has 0 bridgehead atoms. The van der Waals surface area contributed by atoms with Gasteiger partial charge in [-0.15, -0.1) is 0 Å². The van der Waals surface area contributed by atoms with Crippen molar-refractivity contribution in [2.75, 3.05) is 20.2 Å². The van der Waals surface area contributed by atoms with Crippen molar-refractivity contribution < 1.29 is 9.53 Å². The van der Waals surface area contributed by atoms with Gasteiger partial charge in [-0.05, 0) is 50.6 Å². The van der Waals surface area contributed by atoms with Gasteiger partial charge >= 0.3 is 0 Å². The normalized spacial score (nSPS) is 18.1. The molecule has 0 saturated carbocycles. The summed E-state index contributed by atoms with van der Waals surface area (Å²) >= 11 is 0. The minimum absolute atomic E-state index is 0.0450. The zero-order valence-corrected chi connectivity index (χ0v) is 13.8. The molecule has 1 heterocycles. The van der Waals surface area contributed by atoms with E-state index in [2.05, 4.69) is 10.2 Å². The van der Waals surface area contributed by atoms with E-state index in [-0.39, 0.29) is 11.9 Å². The number of carbonyl (C=O) groups excluding carboxylic acids is 1. The summed E-state index contributed by atoms with van der Waals surface area (Å²) < 4.78 is 5.14. The minimum Gasteiger partial charge on any atom is -0.497 e. The molecule has 0 unspecified atom stereocenters. The van der Waals surface area contributed by atoms with Crippen LogP contribution in [0.25, 0.3) is 0 Å². The van der Waals surface area contributed by atoms with Crippen molar-refractivity contribution in [1.29, 1.82) is 0 Å². The number of benzene rings is 1. The van der Waals surface area contributed by atoms with Crippen molar-refractivity contribution in [2.24, 2.45) is 0 Å². The Morgan fingerprint density at radius 3 is 2.32 bits per heavy atom. The number of ether oxygens (including phenoxy) is 1. The monoisotopic (exact) mass is 304 g/mol. The second-order valence-electron chi connectivity index (χ2n) is 6.05. The first kappa shape index (κ1) is 16.8. The molecule has 0 radical (unpaired) electrons. The number of nitrogens with zero attached hydrogens (tertiary/aromatic N) is 1. The summed E-state index contributed by atoms with van der Waals surface area (Å²) in [6.45, 7) is 4.67. The Labute approximate surface area is 133 Å². The highest BCUT2D eigenvalue weighted by Crippen LogP contribution is 2.14. The molecular weight excluding hydrogens is 276 g/mol. The number of carbonyl (C=O) groups is 1. The molecule has 1 aromatic carbocycles. The van der Waals surface area contributed by atoms with E-state index in [1.54, 1.807) is 7.11 Å². The first-order chi connectivity index (χ1) is 10.7. The lowest BCUT2D eigenvalue weighted by Crippen LogP contribution is -2.46. The molecule has 4 heteroatoms. The molecular formula is C18H28N2O2. The summed E-state index contributed by atoms with van der Waals surface area (Å²) in [6, 6.07) is 7.77. The van der Waals surface area contributed by atoms with E-state index in [9.17, 15) is 4.79 Å². The molecule has 1 aromatic rings. The van der Waals surface area contributed by atoms with E-state index in [0.717, 1.165) is 24.4 Å². The van der Waals surface area contributed by atoms with E-state index in [4.69, 9.17) is 4.74 Å². The average Bonchev–Trinajstić information content (AvgIpc) is 2.52. The first-order valence-corrected chi connectivity index (χ1v) is 8.35. The third-order valence-electron chi connectivity index (χ3n) is 4.44. The van der Waals surface area contributed by atoms with Crippen LogP contribution in [0.15, 0.2) is 24.3 Å². The molecule has 122 valence electrons. The van der Waals surface area contributed by atoms with Crippen molar-refractivity contribution in [3.05, 3.63) is 29.8 Å². The Kier molecular flexibility index (Phi) is 6.72. The summed E-state index contributed by atoms with van der Waals surface area (Å²) in [5.74, 6) is 0.959. The van der Waals surface area contributed by atoms with Crippen LogP contribution in [0.4, 0.5) is 0 Å². The van der Waals surface area contributed by atoms with Gasteiger partial charge in [0.1, 0.15) is 5.75 Å². The summed E-state index contributed by atoms with van der Waals surface area (Å²) in [5, 5.41) is 3.05. The van der Waals surface area contributed by atoms with Crippen LogP contribution in [-0.2, 0) is 11.3 Å². The van der Waals surface area contributed by atoms with Gasteiger partial charge in [-0.2, -0.15) is 0 Å². The third-order valence-corrected chi connectivity index (χ3v) is 4.44. The molecule has 0 aliphatic carbocycles. The minimum atomic E-state index is -0.0450. The lowest BCUT2D eigenvalue weighted by atomic mass is 10.1. The lowest BCUT2D eigenvalue weighted by molar-refractivity contribution is -0.126. The predicted octanol–water partition coefficient (Wildman–Crippen LogP) is 2.97.